The normalized spacial score (nSPS) is 15.7. The van der Waals surface area contributed by atoms with Crippen LogP contribution in [0.5, 0.6) is 0 Å². The summed E-state index contributed by atoms with van der Waals surface area (Å²) in [5, 5.41) is 6.92. The zero-order chi connectivity index (χ0) is 23.4. The Morgan fingerprint density at radius 3 is 2.48 bits per heavy atom. The van der Waals surface area contributed by atoms with E-state index >= 15 is 0 Å². The van der Waals surface area contributed by atoms with Gasteiger partial charge < -0.3 is 10.1 Å². The minimum absolute atomic E-state index is 0.0388. The van der Waals surface area contributed by atoms with Crippen molar-refractivity contribution < 1.29 is 9.53 Å². The Bertz CT molecular complexity index is 1220. The van der Waals surface area contributed by atoms with Crippen LogP contribution in [0.4, 0.5) is 0 Å². The lowest BCUT2D eigenvalue weighted by Crippen LogP contribution is -2.46. The van der Waals surface area contributed by atoms with Crippen molar-refractivity contribution in [2.45, 2.75) is 45.3 Å². The Labute approximate surface area is 191 Å². The van der Waals surface area contributed by atoms with Crippen molar-refractivity contribution in [1.82, 2.24) is 19.7 Å². The second-order valence-electron chi connectivity index (χ2n) is 8.51. The van der Waals surface area contributed by atoms with Gasteiger partial charge in [-0.2, -0.15) is 9.78 Å². The lowest BCUT2D eigenvalue weighted by Gasteiger charge is -2.14. The van der Waals surface area contributed by atoms with Crippen molar-refractivity contribution in [3.8, 4) is 5.69 Å². The highest BCUT2D eigenvalue weighted by molar-refractivity contribution is 5.91. The number of ether oxygens (including phenoxy) is 1. The van der Waals surface area contributed by atoms with Crippen LogP contribution < -0.4 is 16.6 Å². The quantitative estimate of drug-likeness (QED) is 0.599. The predicted molar refractivity (Wildman–Crippen MR) is 125 cm³/mol. The van der Waals surface area contributed by atoms with E-state index < -0.39 is 17.2 Å². The van der Waals surface area contributed by atoms with Gasteiger partial charge in [0, 0.05) is 13.2 Å². The van der Waals surface area contributed by atoms with Crippen molar-refractivity contribution in [2.24, 2.45) is 0 Å². The van der Waals surface area contributed by atoms with Crippen molar-refractivity contribution >= 4 is 5.91 Å². The smallest absolute Gasteiger partial charge is 0.352 e. The highest BCUT2D eigenvalue weighted by atomic mass is 16.5. The van der Waals surface area contributed by atoms with E-state index in [1.807, 2.05) is 42.5 Å². The number of nitrogens with one attached hydrogen (secondary N) is 1. The molecule has 0 radical (unpaired) electrons. The fourth-order valence-electron chi connectivity index (χ4n) is 3.83. The first kappa shape index (κ1) is 22.7. The maximum absolute atomic E-state index is 13.3. The molecule has 1 atom stereocenters. The third-order valence-electron chi connectivity index (χ3n) is 5.78. The molecule has 4 rings (SSSR count). The summed E-state index contributed by atoms with van der Waals surface area (Å²) >= 11 is 0. The number of carbonyl (C=O) groups excluding carboxylic acids is 1. The van der Waals surface area contributed by atoms with E-state index in [0.29, 0.717) is 24.8 Å². The van der Waals surface area contributed by atoms with Gasteiger partial charge >= 0.3 is 5.69 Å². The van der Waals surface area contributed by atoms with E-state index in [1.165, 1.54) is 0 Å². The monoisotopic (exact) mass is 448 g/mol. The first-order valence-electron chi connectivity index (χ1n) is 11.2. The third kappa shape index (κ3) is 5.12. The largest absolute Gasteiger partial charge is 0.376 e. The van der Waals surface area contributed by atoms with Crippen LogP contribution in [0.2, 0.25) is 0 Å². The van der Waals surface area contributed by atoms with Crippen molar-refractivity contribution in [3.63, 3.8) is 0 Å². The van der Waals surface area contributed by atoms with Gasteiger partial charge in [-0.05, 0) is 42.0 Å². The highest BCUT2D eigenvalue weighted by Crippen LogP contribution is 2.16. The molecule has 1 unspecified atom stereocenters. The number of carbonyl (C=O) groups is 1. The fourth-order valence-corrected chi connectivity index (χ4v) is 3.83. The summed E-state index contributed by atoms with van der Waals surface area (Å²) in [5.41, 5.74) is 0.727. The fraction of sp³-hybridized carbons (Fsp3) is 0.360. The first-order chi connectivity index (χ1) is 15.9. The second kappa shape index (κ2) is 9.95. The minimum Gasteiger partial charge on any atom is -0.376 e. The molecule has 1 aliphatic rings. The number of rotatable bonds is 7. The Morgan fingerprint density at radius 1 is 1.12 bits per heavy atom. The number of hydrogen-bond acceptors (Lipinski definition) is 5. The van der Waals surface area contributed by atoms with Gasteiger partial charge in [-0.3, -0.25) is 14.2 Å². The van der Waals surface area contributed by atoms with Gasteiger partial charge in [0.25, 0.3) is 11.5 Å². The lowest BCUT2D eigenvalue weighted by atomic mass is 10.0. The summed E-state index contributed by atoms with van der Waals surface area (Å²) in [5.74, 6) is -0.292. The Kier molecular flexibility index (Phi) is 6.84. The van der Waals surface area contributed by atoms with Crippen LogP contribution in [0.15, 0.2) is 64.2 Å². The zero-order valence-corrected chi connectivity index (χ0v) is 18.9. The molecule has 8 nitrogen and oxygen atoms in total. The molecule has 1 aromatic heterocycles. The zero-order valence-electron chi connectivity index (χ0n) is 18.9. The van der Waals surface area contributed by atoms with Gasteiger partial charge in [0.2, 0.25) is 5.69 Å². The summed E-state index contributed by atoms with van der Waals surface area (Å²) in [4.78, 5) is 39.3. The molecule has 8 heteroatoms. The molecule has 0 saturated carbocycles. The maximum atomic E-state index is 13.3. The topological polar surface area (TPSA) is 95.2 Å². The summed E-state index contributed by atoms with van der Waals surface area (Å²) in [6, 6.07) is 16.5. The molecule has 1 saturated heterocycles. The maximum Gasteiger partial charge on any atom is 0.352 e. The molecule has 0 bridgehead atoms. The molecule has 3 aromatic rings. The second-order valence-corrected chi connectivity index (χ2v) is 8.51. The van der Waals surface area contributed by atoms with E-state index in [0.717, 1.165) is 33.2 Å². The Hall–Kier alpha value is -3.52. The van der Waals surface area contributed by atoms with Crippen molar-refractivity contribution in [3.05, 3.63) is 92.3 Å². The van der Waals surface area contributed by atoms with Crippen LogP contribution in [0, 0.1) is 0 Å². The van der Waals surface area contributed by atoms with Gasteiger partial charge in [-0.25, -0.2) is 4.79 Å². The summed E-state index contributed by atoms with van der Waals surface area (Å²) in [6.07, 6.45) is 1.73. The average Bonchev–Trinajstić information content (AvgIpc) is 3.35. The van der Waals surface area contributed by atoms with E-state index in [4.69, 9.17) is 4.74 Å². The standard InChI is InChI=1S/C25H28N4O4/c1-17(2)19-10-12-20(13-11-19)29-25(32)28(16-18-7-4-3-5-8-18)24(31)22(27-29)23(30)26-15-21-9-6-14-33-21/h3-5,7-8,10-13,17,21H,6,9,14-16H2,1-2H3,(H,26,30). The molecule has 33 heavy (non-hydrogen) atoms. The average molecular weight is 449 g/mol. The molecule has 0 spiro atoms. The Balaban J connectivity index is 1.75. The molecule has 2 aromatic carbocycles. The molecular formula is C25H28N4O4. The van der Waals surface area contributed by atoms with Gasteiger partial charge in [0.05, 0.1) is 18.3 Å². The summed E-state index contributed by atoms with van der Waals surface area (Å²) < 4.78 is 7.72. The van der Waals surface area contributed by atoms with Gasteiger partial charge in [-0.1, -0.05) is 56.3 Å². The van der Waals surface area contributed by atoms with E-state index in [1.54, 1.807) is 12.1 Å². The van der Waals surface area contributed by atoms with Crippen molar-refractivity contribution in [2.75, 3.05) is 13.2 Å². The first-order valence-corrected chi connectivity index (χ1v) is 11.2. The lowest BCUT2D eigenvalue weighted by molar-refractivity contribution is 0.0849. The van der Waals surface area contributed by atoms with Crippen LogP contribution in [0.1, 0.15) is 54.2 Å². The van der Waals surface area contributed by atoms with E-state index in [-0.39, 0.29) is 18.3 Å². The number of aromatic nitrogens is 3. The molecule has 1 amide bonds. The van der Waals surface area contributed by atoms with Crippen LogP contribution in [-0.2, 0) is 11.3 Å². The van der Waals surface area contributed by atoms with Crippen LogP contribution in [0.25, 0.3) is 5.69 Å². The van der Waals surface area contributed by atoms with E-state index in [2.05, 4.69) is 24.3 Å². The molecule has 0 aliphatic carbocycles. The number of nitrogens with zero attached hydrogens (tertiary/aromatic N) is 3. The van der Waals surface area contributed by atoms with Gasteiger partial charge in [-0.15, -0.1) is 0 Å². The molecular weight excluding hydrogens is 420 g/mol. The minimum atomic E-state index is -0.719. The summed E-state index contributed by atoms with van der Waals surface area (Å²) in [7, 11) is 0. The van der Waals surface area contributed by atoms with Crippen molar-refractivity contribution in [1.29, 1.82) is 0 Å². The van der Waals surface area contributed by atoms with E-state index in [9.17, 15) is 14.4 Å². The van der Waals surface area contributed by atoms with Gasteiger partial charge in [0.1, 0.15) is 0 Å². The Morgan fingerprint density at radius 2 is 1.85 bits per heavy atom. The molecule has 1 aliphatic heterocycles. The number of benzene rings is 2. The van der Waals surface area contributed by atoms with Gasteiger partial charge in [0.15, 0.2) is 0 Å². The van der Waals surface area contributed by atoms with Crippen LogP contribution in [-0.4, -0.2) is 39.5 Å². The highest BCUT2D eigenvalue weighted by Gasteiger charge is 2.22. The molecule has 1 fully saturated rings. The van der Waals surface area contributed by atoms with Crippen LogP contribution in [0.3, 0.4) is 0 Å². The third-order valence-corrected chi connectivity index (χ3v) is 5.78. The number of amides is 1. The molecule has 172 valence electrons. The predicted octanol–water partition coefficient (Wildman–Crippen LogP) is 2.47. The SMILES string of the molecule is CC(C)c1ccc(-n2nc(C(=O)NCC3CCCO3)c(=O)n(Cc3ccccc3)c2=O)cc1. The summed E-state index contributed by atoms with van der Waals surface area (Å²) in [6.45, 7) is 5.16. The molecule has 1 N–H and O–H groups in total. The number of hydrogen-bond donors (Lipinski definition) is 1. The van der Waals surface area contributed by atoms with Crippen LogP contribution >= 0.6 is 0 Å². The molecule has 2 heterocycles.